The van der Waals surface area contributed by atoms with Crippen LogP contribution >= 0.6 is 0 Å². The first-order valence-corrected chi connectivity index (χ1v) is 12.7. The Hall–Kier alpha value is -2.28. The maximum Gasteiger partial charge on any atom is 0.306 e. The first-order valence-electron chi connectivity index (χ1n) is 12.7. The van der Waals surface area contributed by atoms with Gasteiger partial charge < -0.3 is 24.4 Å². The van der Waals surface area contributed by atoms with Gasteiger partial charge in [-0.2, -0.15) is 0 Å². The highest BCUT2D eigenvalue weighted by Gasteiger charge is 2.31. The average Bonchev–Trinajstić information content (AvgIpc) is 3.34. The summed E-state index contributed by atoms with van der Waals surface area (Å²) in [4.78, 5) is 27.6. The number of carbonyl (C=O) groups excluding carboxylic acids is 2. The Morgan fingerprint density at radius 1 is 1.03 bits per heavy atom. The standard InChI is InChI=1S/C26H40N2O5/c1-3-5-6-7-8-11-24(29)27-21(19-28-14-9-10-15-28)26(33-25(30)4-2)20-12-13-22-23(18-20)32-17-16-31-22/h12-13,18,21,26H,3-11,14-17,19H2,1-2H3,(H,27,29). The number of hydrogen-bond donors (Lipinski definition) is 1. The molecule has 0 bridgehead atoms. The predicted octanol–water partition coefficient (Wildman–Crippen LogP) is 4.39. The smallest absolute Gasteiger partial charge is 0.306 e. The van der Waals surface area contributed by atoms with E-state index in [4.69, 9.17) is 14.2 Å². The molecule has 1 N–H and O–H groups in total. The number of amides is 1. The van der Waals surface area contributed by atoms with E-state index in [1.165, 1.54) is 12.8 Å². The van der Waals surface area contributed by atoms with Crippen molar-refractivity contribution in [1.29, 1.82) is 0 Å². The van der Waals surface area contributed by atoms with Crippen molar-refractivity contribution in [2.75, 3.05) is 32.8 Å². The number of esters is 1. The Morgan fingerprint density at radius 2 is 1.76 bits per heavy atom. The van der Waals surface area contributed by atoms with Crippen LogP contribution in [-0.4, -0.2) is 55.7 Å². The summed E-state index contributed by atoms with van der Waals surface area (Å²) in [5.41, 5.74) is 0.813. The van der Waals surface area contributed by atoms with E-state index >= 15 is 0 Å². The van der Waals surface area contributed by atoms with E-state index in [-0.39, 0.29) is 24.3 Å². The highest BCUT2D eigenvalue weighted by atomic mass is 16.6. The lowest BCUT2D eigenvalue weighted by Gasteiger charge is -2.32. The third-order valence-corrected chi connectivity index (χ3v) is 6.31. The van der Waals surface area contributed by atoms with Crippen LogP contribution in [0.5, 0.6) is 11.5 Å². The molecular weight excluding hydrogens is 420 g/mol. The molecule has 2 aliphatic heterocycles. The van der Waals surface area contributed by atoms with Crippen LogP contribution in [-0.2, 0) is 14.3 Å². The zero-order valence-corrected chi connectivity index (χ0v) is 20.3. The fourth-order valence-electron chi connectivity index (χ4n) is 4.47. The molecule has 7 heteroatoms. The van der Waals surface area contributed by atoms with Crippen LogP contribution < -0.4 is 14.8 Å². The van der Waals surface area contributed by atoms with E-state index in [0.717, 1.165) is 50.8 Å². The van der Waals surface area contributed by atoms with Crippen molar-refractivity contribution in [3.05, 3.63) is 23.8 Å². The number of likely N-dealkylation sites (tertiary alicyclic amines) is 1. The molecule has 33 heavy (non-hydrogen) atoms. The van der Waals surface area contributed by atoms with Gasteiger partial charge in [-0.1, -0.05) is 45.6 Å². The summed E-state index contributed by atoms with van der Waals surface area (Å²) in [7, 11) is 0. The molecule has 2 heterocycles. The molecule has 1 amide bonds. The van der Waals surface area contributed by atoms with Crippen molar-refractivity contribution >= 4 is 11.9 Å². The minimum absolute atomic E-state index is 0.0192. The van der Waals surface area contributed by atoms with Crippen molar-refractivity contribution in [2.24, 2.45) is 0 Å². The molecular formula is C26H40N2O5. The average molecular weight is 461 g/mol. The minimum atomic E-state index is -0.585. The summed E-state index contributed by atoms with van der Waals surface area (Å²) in [5.74, 6) is 1.08. The van der Waals surface area contributed by atoms with Gasteiger partial charge in [-0.3, -0.25) is 9.59 Å². The quantitative estimate of drug-likeness (QED) is 0.347. The van der Waals surface area contributed by atoms with Gasteiger partial charge >= 0.3 is 5.97 Å². The number of carbonyl (C=O) groups is 2. The molecule has 0 radical (unpaired) electrons. The maximum atomic E-state index is 12.9. The second kappa shape index (κ2) is 13.4. The van der Waals surface area contributed by atoms with E-state index < -0.39 is 6.10 Å². The van der Waals surface area contributed by atoms with Crippen LogP contribution in [0.1, 0.15) is 83.3 Å². The van der Waals surface area contributed by atoms with Crippen molar-refractivity contribution in [1.82, 2.24) is 10.2 Å². The van der Waals surface area contributed by atoms with Crippen LogP contribution in [0.25, 0.3) is 0 Å². The summed E-state index contributed by atoms with van der Waals surface area (Å²) in [6.45, 7) is 7.63. The molecule has 0 saturated carbocycles. The molecule has 2 unspecified atom stereocenters. The fourth-order valence-corrected chi connectivity index (χ4v) is 4.47. The lowest BCUT2D eigenvalue weighted by Crippen LogP contribution is -2.47. The van der Waals surface area contributed by atoms with E-state index in [1.807, 2.05) is 18.2 Å². The zero-order chi connectivity index (χ0) is 23.5. The van der Waals surface area contributed by atoms with Gasteiger partial charge in [0.1, 0.15) is 19.3 Å². The van der Waals surface area contributed by atoms with Gasteiger partial charge in [-0.05, 0) is 50.0 Å². The summed E-state index contributed by atoms with van der Waals surface area (Å²) in [5, 5.41) is 3.21. The number of unbranched alkanes of at least 4 members (excludes halogenated alkanes) is 4. The van der Waals surface area contributed by atoms with Crippen molar-refractivity contribution in [2.45, 2.75) is 83.8 Å². The highest BCUT2D eigenvalue weighted by molar-refractivity contribution is 5.76. The lowest BCUT2D eigenvalue weighted by atomic mass is 10.00. The summed E-state index contributed by atoms with van der Waals surface area (Å²) >= 11 is 0. The number of hydrogen-bond acceptors (Lipinski definition) is 6. The van der Waals surface area contributed by atoms with E-state index in [2.05, 4.69) is 17.1 Å². The summed E-state index contributed by atoms with van der Waals surface area (Å²) in [6, 6.07) is 5.33. The molecule has 184 valence electrons. The third kappa shape index (κ3) is 7.91. The number of rotatable bonds is 13. The monoisotopic (exact) mass is 460 g/mol. The summed E-state index contributed by atoms with van der Waals surface area (Å²) in [6.07, 6.45) is 8.00. The number of fused-ring (bicyclic) bond motifs is 1. The largest absolute Gasteiger partial charge is 0.486 e. The van der Waals surface area contributed by atoms with E-state index in [1.54, 1.807) is 6.92 Å². The molecule has 1 aromatic carbocycles. The van der Waals surface area contributed by atoms with Crippen LogP contribution in [0.15, 0.2) is 18.2 Å². The Labute approximate surface area is 198 Å². The molecule has 2 aliphatic rings. The number of nitrogens with one attached hydrogen (secondary N) is 1. The Kier molecular flexibility index (Phi) is 10.3. The van der Waals surface area contributed by atoms with Crippen molar-refractivity contribution in [3.63, 3.8) is 0 Å². The van der Waals surface area contributed by atoms with Gasteiger partial charge in [0, 0.05) is 19.4 Å². The Bertz CT molecular complexity index is 763. The zero-order valence-electron chi connectivity index (χ0n) is 20.3. The molecule has 0 spiro atoms. The Balaban J connectivity index is 1.77. The van der Waals surface area contributed by atoms with Crippen LogP contribution in [0.3, 0.4) is 0 Å². The maximum absolute atomic E-state index is 12.9. The highest BCUT2D eigenvalue weighted by Crippen LogP contribution is 2.35. The van der Waals surface area contributed by atoms with Crippen LogP contribution in [0, 0.1) is 0 Å². The lowest BCUT2D eigenvalue weighted by molar-refractivity contribution is -0.152. The summed E-state index contributed by atoms with van der Waals surface area (Å²) < 4.78 is 17.3. The second-order valence-electron chi connectivity index (χ2n) is 9.01. The first kappa shape index (κ1) is 25.3. The molecule has 7 nitrogen and oxygen atoms in total. The van der Waals surface area contributed by atoms with Gasteiger partial charge in [0.15, 0.2) is 11.5 Å². The number of nitrogens with zero attached hydrogens (tertiary/aromatic N) is 1. The molecule has 1 fully saturated rings. The van der Waals surface area contributed by atoms with Gasteiger partial charge in [-0.25, -0.2) is 0 Å². The third-order valence-electron chi connectivity index (χ3n) is 6.31. The van der Waals surface area contributed by atoms with Crippen molar-refractivity contribution in [3.8, 4) is 11.5 Å². The molecule has 3 rings (SSSR count). The van der Waals surface area contributed by atoms with E-state index in [0.29, 0.717) is 37.7 Å². The Morgan fingerprint density at radius 3 is 2.48 bits per heavy atom. The second-order valence-corrected chi connectivity index (χ2v) is 9.01. The minimum Gasteiger partial charge on any atom is -0.486 e. The van der Waals surface area contributed by atoms with E-state index in [9.17, 15) is 9.59 Å². The molecule has 0 aromatic heterocycles. The van der Waals surface area contributed by atoms with Gasteiger partial charge in [0.2, 0.25) is 5.91 Å². The molecule has 2 atom stereocenters. The molecule has 1 aromatic rings. The number of ether oxygens (including phenoxy) is 3. The van der Waals surface area contributed by atoms with Crippen molar-refractivity contribution < 1.29 is 23.8 Å². The molecule has 0 aliphatic carbocycles. The molecule has 1 saturated heterocycles. The fraction of sp³-hybridized carbons (Fsp3) is 0.692. The topological polar surface area (TPSA) is 77.1 Å². The van der Waals surface area contributed by atoms with Gasteiger partial charge in [-0.15, -0.1) is 0 Å². The van der Waals surface area contributed by atoms with Crippen LogP contribution in [0.2, 0.25) is 0 Å². The first-order chi connectivity index (χ1) is 16.1. The van der Waals surface area contributed by atoms with Gasteiger partial charge in [0.25, 0.3) is 0 Å². The SMILES string of the molecule is CCCCCCCC(=O)NC(CN1CCCC1)C(OC(=O)CC)c1ccc2c(c1)OCCO2. The number of benzene rings is 1. The van der Waals surface area contributed by atoms with Crippen LogP contribution in [0.4, 0.5) is 0 Å². The predicted molar refractivity (Wildman–Crippen MR) is 128 cm³/mol. The normalized spacial score (nSPS) is 17.4. The van der Waals surface area contributed by atoms with Gasteiger partial charge in [0.05, 0.1) is 6.04 Å².